The Bertz CT molecular complexity index is 1420. The molecule has 7 rings (SSSR count). The van der Waals surface area contributed by atoms with E-state index in [1.54, 1.807) is 5.57 Å². The number of carbonyl (C=O) groups is 1. The van der Waals surface area contributed by atoms with Crippen molar-refractivity contribution in [2.75, 3.05) is 0 Å². The molecule has 0 amide bonds. The van der Waals surface area contributed by atoms with Gasteiger partial charge >= 0.3 is 0 Å². The van der Waals surface area contributed by atoms with Crippen LogP contribution in [0.1, 0.15) is 161 Å². The third kappa shape index (κ3) is 7.30. The summed E-state index contributed by atoms with van der Waals surface area (Å²) in [5.74, 6) is 5.44. The SMILES string of the molecule is CCC1O[C@@H](OC2[C@H](O[C@H]3CCC4(C)C5CC=C6C7CC(C)(C)CC[C@]7(C(C)=O)[CH-]C[C@@]6(C)[C@@]5(C)CC[C@H]4[C-]3C)OC(C)[C@@H](C)[C@@H]2C)C(C)[C@@H](C)[C@H]1C.[V].[W]. The van der Waals surface area contributed by atoms with Gasteiger partial charge in [0.25, 0.3) is 0 Å². The third-order valence-corrected chi connectivity index (χ3v) is 19.0. The van der Waals surface area contributed by atoms with Crippen molar-refractivity contribution in [1.29, 1.82) is 0 Å². The van der Waals surface area contributed by atoms with Gasteiger partial charge in [0.1, 0.15) is 11.9 Å². The molecule has 0 spiro atoms. The predicted octanol–water partition coefficient (Wildman–Crippen LogP) is 11.6. The fourth-order valence-corrected chi connectivity index (χ4v) is 14.2. The number of ketones is 1. The van der Waals surface area contributed by atoms with Crippen LogP contribution in [0.4, 0.5) is 0 Å². The number of Topliss-reactive ketones (excluding diaryl/α,β-unsaturated/α-hetero) is 1. The van der Waals surface area contributed by atoms with E-state index in [2.05, 4.69) is 103 Å². The second-order valence-corrected chi connectivity index (χ2v) is 21.7. The van der Waals surface area contributed by atoms with Crippen LogP contribution in [0, 0.1) is 86.8 Å². The van der Waals surface area contributed by atoms with Crippen LogP contribution in [0.2, 0.25) is 0 Å². The normalized spacial score (nSPS) is 52.1. The molecule has 0 aromatic rings. The summed E-state index contributed by atoms with van der Waals surface area (Å²) in [6, 6.07) is 0. The maximum Gasteiger partial charge on any atom is 0.182 e. The molecule has 18 atom stereocenters. The molecule has 2 saturated heterocycles. The van der Waals surface area contributed by atoms with Crippen LogP contribution in [0.15, 0.2) is 11.6 Å². The molecule has 0 bridgehead atoms. The first-order chi connectivity index (χ1) is 24.7. The molecule has 313 valence electrons. The van der Waals surface area contributed by atoms with Gasteiger partial charge in [-0.15, -0.1) is 0 Å². The van der Waals surface area contributed by atoms with Gasteiger partial charge in [0.2, 0.25) is 0 Å². The molecule has 55 heavy (non-hydrogen) atoms. The molecule has 6 fully saturated rings. The Morgan fingerprint density at radius 2 is 1.56 bits per heavy atom. The Kier molecular flexibility index (Phi) is 13.9. The Balaban J connectivity index is 0.00000290. The van der Waals surface area contributed by atoms with Crippen molar-refractivity contribution in [3.05, 3.63) is 24.0 Å². The van der Waals surface area contributed by atoms with Crippen molar-refractivity contribution < 1.29 is 63.4 Å². The van der Waals surface area contributed by atoms with Gasteiger partial charge in [-0.3, -0.25) is 5.92 Å². The minimum atomic E-state index is -0.405. The summed E-state index contributed by atoms with van der Waals surface area (Å²) in [4.78, 5) is 13.5. The Morgan fingerprint density at radius 3 is 2.22 bits per heavy atom. The van der Waals surface area contributed by atoms with Gasteiger partial charge in [0.15, 0.2) is 12.6 Å². The molecule has 5 nitrogen and oxygen atoms in total. The standard InChI is InChI=1S/C48H78O5.V.W/c1-15-38-29(4)27(2)31(6)42(51-38)53-41-30(5)28(3)33(8)50-43(41)52-39-19-20-45(12)35(32(39)7)18-21-47(14)40(45)17-16-36-37-26-44(10,11)22-24-48(37,34(9)49)25-23-46(36,47)13;;/h16,25,27-31,33,35,37-43H,15,17-24,26H2,1-14H3;;/q-2;;/t27-,28-,29+,30-,31?,33?,35-,37?,38?,39-,40?,41?,42-,43-,45?,46+,47-,48+;;/m0../s1. The van der Waals surface area contributed by atoms with E-state index in [-0.39, 0.29) is 97.4 Å². The largest absolute Gasteiger partial charge is 0.379 e. The van der Waals surface area contributed by atoms with E-state index in [9.17, 15) is 4.79 Å². The molecule has 7 heteroatoms. The number of allylic oxidation sites excluding steroid dienone is 2. The number of hydrogen-bond donors (Lipinski definition) is 0. The van der Waals surface area contributed by atoms with E-state index in [1.165, 1.54) is 25.2 Å². The molecule has 0 aromatic heterocycles. The van der Waals surface area contributed by atoms with Gasteiger partial charge < -0.3 is 30.2 Å². The second kappa shape index (κ2) is 16.4. The van der Waals surface area contributed by atoms with E-state index in [1.807, 2.05) is 6.92 Å². The van der Waals surface area contributed by atoms with Crippen LogP contribution in [0.3, 0.4) is 0 Å². The van der Waals surface area contributed by atoms with Crippen molar-refractivity contribution in [2.24, 2.45) is 74.4 Å². The fourth-order valence-electron chi connectivity index (χ4n) is 14.2. The van der Waals surface area contributed by atoms with Gasteiger partial charge in [-0.25, -0.2) is 0 Å². The van der Waals surface area contributed by atoms with E-state index >= 15 is 0 Å². The Hall–Kier alpha value is 0.523. The predicted molar refractivity (Wildman–Crippen MR) is 213 cm³/mol. The van der Waals surface area contributed by atoms with Crippen LogP contribution in [0.5, 0.6) is 0 Å². The van der Waals surface area contributed by atoms with Crippen LogP contribution < -0.4 is 0 Å². The van der Waals surface area contributed by atoms with Crippen LogP contribution in [0.25, 0.3) is 0 Å². The zero-order chi connectivity index (χ0) is 38.6. The number of ether oxygens (including phenoxy) is 4. The molecule has 2 heterocycles. The van der Waals surface area contributed by atoms with Crippen molar-refractivity contribution in [1.82, 2.24) is 0 Å². The minimum absolute atomic E-state index is 0. The zero-order valence-electron chi connectivity index (χ0n) is 37.2. The number of rotatable bonds is 6. The van der Waals surface area contributed by atoms with E-state index in [0.717, 1.165) is 44.9 Å². The van der Waals surface area contributed by atoms with Gasteiger partial charge in [-0.1, -0.05) is 124 Å². The van der Waals surface area contributed by atoms with E-state index < -0.39 is 6.29 Å². The first-order valence-electron chi connectivity index (χ1n) is 22.3. The summed E-state index contributed by atoms with van der Waals surface area (Å²) in [6.45, 7) is 33.2. The molecule has 7 aliphatic rings. The molecular weight excluding hydrogens is 891 g/mol. The first-order valence-corrected chi connectivity index (χ1v) is 22.3. The molecular formula is C48H78O5VW-2. The number of fused-ring (bicyclic) bond motifs is 7. The second-order valence-electron chi connectivity index (χ2n) is 21.7. The molecule has 7 unspecified atom stereocenters. The summed E-state index contributed by atoms with van der Waals surface area (Å²) >= 11 is 0. The van der Waals surface area contributed by atoms with Crippen molar-refractivity contribution in [2.45, 2.75) is 198 Å². The Labute approximate surface area is 363 Å². The summed E-state index contributed by atoms with van der Waals surface area (Å²) in [6.07, 6.45) is 15.9. The average molecular weight is 970 g/mol. The molecule has 1 radical (unpaired) electrons. The van der Waals surface area contributed by atoms with Gasteiger partial charge in [0.05, 0.1) is 12.2 Å². The van der Waals surface area contributed by atoms with Crippen LogP contribution in [-0.2, 0) is 63.4 Å². The zero-order valence-corrected chi connectivity index (χ0v) is 41.5. The maximum atomic E-state index is 13.5. The van der Waals surface area contributed by atoms with Gasteiger partial charge in [0, 0.05) is 45.5 Å². The summed E-state index contributed by atoms with van der Waals surface area (Å²) in [5, 5.41) is 0. The Morgan fingerprint density at radius 1 is 0.873 bits per heavy atom. The monoisotopic (exact) mass is 969 g/mol. The molecule has 2 aliphatic heterocycles. The minimum Gasteiger partial charge on any atom is -0.379 e. The van der Waals surface area contributed by atoms with Crippen molar-refractivity contribution in [3.63, 3.8) is 0 Å². The number of hydrogen-bond acceptors (Lipinski definition) is 5. The summed E-state index contributed by atoms with van der Waals surface area (Å²) in [5.41, 5.74) is 2.16. The van der Waals surface area contributed by atoms with Crippen LogP contribution >= 0.6 is 0 Å². The van der Waals surface area contributed by atoms with Gasteiger partial charge in [-0.2, -0.15) is 19.3 Å². The van der Waals surface area contributed by atoms with Crippen molar-refractivity contribution in [3.8, 4) is 0 Å². The first kappa shape index (κ1) is 46.6. The third-order valence-electron chi connectivity index (χ3n) is 19.0. The molecule has 0 aromatic carbocycles. The van der Waals surface area contributed by atoms with Gasteiger partial charge in [-0.05, 0) is 104 Å². The molecule has 5 aliphatic carbocycles. The molecule has 4 saturated carbocycles. The maximum absolute atomic E-state index is 13.5. The van der Waals surface area contributed by atoms with E-state index in [4.69, 9.17) is 18.9 Å². The average Bonchev–Trinajstić information content (AvgIpc) is 3.10. The smallest absolute Gasteiger partial charge is 0.182 e. The van der Waals surface area contributed by atoms with E-state index in [0.29, 0.717) is 53.1 Å². The number of carbonyl (C=O) groups excluding carboxylic acids is 1. The summed E-state index contributed by atoms with van der Waals surface area (Å²) in [7, 11) is 0. The molecule has 0 N–H and O–H groups in total. The topological polar surface area (TPSA) is 54.0 Å². The fraction of sp³-hybridized carbons (Fsp3) is 0.896. The quantitative estimate of drug-likeness (QED) is 0.151. The van der Waals surface area contributed by atoms with Crippen LogP contribution in [-0.4, -0.2) is 42.8 Å². The summed E-state index contributed by atoms with van der Waals surface area (Å²) < 4.78 is 27.7. The van der Waals surface area contributed by atoms with Crippen molar-refractivity contribution >= 4 is 5.78 Å².